The molecule has 1 saturated carbocycles. The molecule has 1 amide bonds. The van der Waals surface area contributed by atoms with Crippen LogP contribution in [-0.2, 0) is 4.79 Å². The normalized spacial score (nSPS) is 16.4. The van der Waals surface area contributed by atoms with Crippen molar-refractivity contribution in [3.8, 4) is 0 Å². The Balaban J connectivity index is 0.00000364. The first-order valence-electron chi connectivity index (χ1n) is 9.26. The third-order valence-electron chi connectivity index (χ3n) is 4.68. The number of Topliss-reactive ketones (excluding diaryl/α,β-unsaturated/α-hetero) is 1. The van der Waals surface area contributed by atoms with Crippen LogP contribution >= 0.6 is 24.2 Å². The van der Waals surface area contributed by atoms with Gasteiger partial charge in [-0.05, 0) is 25.3 Å². The quantitative estimate of drug-likeness (QED) is 0.285. The topological polar surface area (TPSA) is 88.3 Å². The first-order chi connectivity index (χ1) is 12.4. The van der Waals surface area contributed by atoms with Gasteiger partial charge in [-0.2, -0.15) is 0 Å². The molecule has 1 aliphatic rings. The van der Waals surface area contributed by atoms with E-state index in [4.69, 9.17) is 4.42 Å². The Bertz CT molecular complexity index is 600. The number of halogens is 1. The number of hydrogen-bond donors (Lipinski definition) is 1. The van der Waals surface area contributed by atoms with Crippen molar-refractivity contribution in [3.05, 3.63) is 5.89 Å². The van der Waals surface area contributed by atoms with Crippen LogP contribution in [0.25, 0.3) is 0 Å². The maximum atomic E-state index is 13.2. The number of hydrogen-bond acceptors (Lipinski definition) is 7. The van der Waals surface area contributed by atoms with Crippen LogP contribution in [-0.4, -0.2) is 58.7 Å². The van der Waals surface area contributed by atoms with Crippen LogP contribution < -0.4 is 5.32 Å². The van der Waals surface area contributed by atoms with E-state index in [0.29, 0.717) is 5.22 Å². The molecule has 0 spiro atoms. The molecule has 2 rings (SSSR count). The zero-order valence-electron chi connectivity index (χ0n) is 16.6. The molecule has 27 heavy (non-hydrogen) atoms. The molecule has 0 unspecified atom stereocenters. The van der Waals surface area contributed by atoms with Crippen molar-refractivity contribution in [3.63, 3.8) is 0 Å². The lowest BCUT2D eigenvalue weighted by Crippen LogP contribution is -2.53. The standard InChI is InChI=1S/C18H30N4O3S.ClH/c1-18(2,3)15(22(12-23)13-8-6-5-7-9-13)14(24)16-20-21-17(25-16)26-11-10-19-4;/h12-13,15,19H,5-11H2,1-4H3;1H/t15-;/m1./s1. The van der Waals surface area contributed by atoms with Gasteiger partial charge in [0.05, 0.1) is 0 Å². The molecule has 1 aromatic rings. The highest BCUT2D eigenvalue weighted by molar-refractivity contribution is 7.99. The molecule has 0 bridgehead atoms. The molecule has 1 aromatic heterocycles. The van der Waals surface area contributed by atoms with Gasteiger partial charge in [0.15, 0.2) is 0 Å². The minimum absolute atomic E-state index is 0. The lowest BCUT2D eigenvalue weighted by molar-refractivity contribution is -0.124. The summed E-state index contributed by atoms with van der Waals surface area (Å²) in [5.41, 5.74) is -0.427. The minimum atomic E-state index is -0.612. The number of carbonyl (C=O) groups is 2. The monoisotopic (exact) mass is 418 g/mol. The molecular formula is C18H31ClN4O3S. The van der Waals surface area contributed by atoms with Crippen LogP contribution in [0.3, 0.4) is 0 Å². The Morgan fingerprint density at radius 2 is 2.00 bits per heavy atom. The summed E-state index contributed by atoms with van der Waals surface area (Å²) in [5, 5.41) is 11.3. The summed E-state index contributed by atoms with van der Waals surface area (Å²) in [6.45, 7) is 6.71. The highest BCUT2D eigenvalue weighted by Gasteiger charge is 2.41. The van der Waals surface area contributed by atoms with Gasteiger partial charge < -0.3 is 14.6 Å². The van der Waals surface area contributed by atoms with Crippen molar-refractivity contribution in [2.45, 2.75) is 70.2 Å². The summed E-state index contributed by atoms with van der Waals surface area (Å²) in [4.78, 5) is 26.8. The van der Waals surface area contributed by atoms with Gasteiger partial charge in [0.25, 0.3) is 11.1 Å². The van der Waals surface area contributed by atoms with Gasteiger partial charge >= 0.3 is 0 Å². The molecule has 1 N–H and O–H groups in total. The van der Waals surface area contributed by atoms with E-state index in [-0.39, 0.29) is 30.1 Å². The summed E-state index contributed by atoms with van der Waals surface area (Å²) < 4.78 is 5.57. The molecule has 7 nitrogen and oxygen atoms in total. The lowest BCUT2D eigenvalue weighted by atomic mass is 9.81. The molecule has 0 aliphatic heterocycles. The first kappa shape index (κ1) is 23.9. The van der Waals surface area contributed by atoms with Crippen LogP contribution in [0.2, 0.25) is 0 Å². The van der Waals surface area contributed by atoms with Crippen molar-refractivity contribution in [2.75, 3.05) is 19.3 Å². The zero-order valence-corrected chi connectivity index (χ0v) is 18.2. The van der Waals surface area contributed by atoms with E-state index in [1.807, 2.05) is 27.8 Å². The van der Waals surface area contributed by atoms with E-state index in [0.717, 1.165) is 44.4 Å². The van der Waals surface area contributed by atoms with Gasteiger partial charge in [0.2, 0.25) is 12.2 Å². The van der Waals surface area contributed by atoms with Gasteiger partial charge in [-0.25, -0.2) is 0 Å². The van der Waals surface area contributed by atoms with E-state index in [2.05, 4.69) is 15.5 Å². The smallest absolute Gasteiger partial charge is 0.286 e. The first-order valence-corrected chi connectivity index (χ1v) is 10.2. The summed E-state index contributed by atoms with van der Waals surface area (Å²) in [5.74, 6) is 0.486. The van der Waals surface area contributed by atoms with Crippen LogP contribution in [0.4, 0.5) is 0 Å². The predicted molar refractivity (Wildman–Crippen MR) is 109 cm³/mol. The highest BCUT2D eigenvalue weighted by Crippen LogP contribution is 2.32. The van der Waals surface area contributed by atoms with E-state index in [9.17, 15) is 9.59 Å². The van der Waals surface area contributed by atoms with Crippen molar-refractivity contribution < 1.29 is 14.0 Å². The molecule has 154 valence electrons. The molecule has 9 heteroatoms. The molecule has 1 aliphatic carbocycles. The molecule has 0 saturated heterocycles. The molecule has 1 atom stereocenters. The van der Waals surface area contributed by atoms with Gasteiger partial charge in [0.1, 0.15) is 6.04 Å². The van der Waals surface area contributed by atoms with Gasteiger partial charge in [0, 0.05) is 18.3 Å². The average Bonchev–Trinajstić information content (AvgIpc) is 3.08. The van der Waals surface area contributed by atoms with Gasteiger partial charge in [-0.3, -0.25) is 9.59 Å². The third kappa shape index (κ3) is 6.47. The fourth-order valence-electron chi connectivity index (χ4n) is 3.44. The number of rotatable bonds is 9. The zero-order chi connectivity index (χ0) is 19.2. The van der Waals surface area contributed by atoms with E-state index >= 15 is 0 Å². The minimum Gasteiger partial charge on any atom is -0.408 e. The summed E-state index contributed by atoms with van der Waals surface area (Å²) >= 11 is 1.41. The number of aromatic nitrogens is 2. The maximum absolute atomic E-state index is 13.2. The second-order valence-electron chi connectivity index (χ2n) is 7.80. The second kappa shape index (κ2) is 11.0. The van der Waals surface area contributed by atoms with Crippen molar-refractivity contribution >= 4 is 36.4 Å². The van der Waals surface area contributed by atoms with Crippen molar-refractivity contribution in [2.24, 2.45) is 5.41 Å². The fourth-order valence-corrected chi connectivity index (χ4v) is 4.16. The van der Waals surface area contributed by atoms with Crippen LogP contribution in [0, 0.1) is 5.41 Å². The maximum Gasteiger partial charge on any atom is 0.286 e. The fraction of sp³-hybridized carbons (Fsp3) is 0.778. The Morgan fingerprint density at radius 3 is 2.56 bits per heavy atom. The van der Waals surface area contributed by atoms with Gasteiger partial charge in [-0.15, -0.1) is 22.6 Å². The summed E-state index contributed by atoms with van der Waals surface area (Å²) in [7, 11) is 1.87. The highest BCUT2D eigenvalue weighted by atomic mass is 35.5. The number of thioether (sulfide) groups is 1. The third-order valence-corrected chi connectivity index (χ3v) is 5.50. The summed E-state index contributed by atoms with van der Waals surface area (Å²) in [6.07, 6.45) is 6.07. The number of carbonyl (C=O) groups excluding carboxylic acids is 2. The van der Waals surface area contributed by atoms with Crippen molar-refractivity contribution in [1.29, 1.82) is 0 Å². The lowest BCUT2D eigenvalue weighted by Gasteiger charge is -2.42. The molecule has 1 fully saturated rings. The summed E-state index contributed by atoms with van der Waals surface area (Å²) in [6, 6.07) is -0.513. The van der Waals surface area contributed by atoms with E-state index in [1.54, 1.807) is 4.90 Å². The average molecular weight is 419 g/mol. The largest absolute Gasteiger partial charge is 0.408 e. The number of nitrogens with zero attached hydrogens (tertiary/aromatic N) is 3. The Morgan fingerprint density at radius 1 is 1.33 bits per heavy atom. The Labute approximate surface area is 171 Å². The van der Waals surface area contributed by atoms with Crippen LogP contribution in [0.1, 0.15) is 63.6 Å². The molecular weight excluding hydrogens is 388 g/mol. The molecule has 0 aromatic carbocycles. The SMILES string of the molecule is CNCCSc1nnc(C(=O)[C@@H](N(C=O)C2CCCCC2)C(C)(C)C)o1.Cl. The van der Waals surface area contributed by atoms with Gasteiger partial charge in [-0.1, -0.05) is 51.8 Å². The van der Waals surface area contributed by atoms with E-state index < -0.39 is 11.5 Å². The predicted octanol–water partition coefficient (Wildman–Crippen LogP) is 3.19. The number of amides is 1. The van der Waals surface area contributed by atoms with Crippen LogP contribution in [0.15, 0.2) is 9.64 Å². The Kier molecular flexibility index (Phi) is 9.76. The van der Waals surface area contributed by atoms with E-state index in [1.165, 1.54) is 18.2 Å². The number of ketones is 1. The Hall–Kier alpha value is -1.12. The van der Waals surface area contributed by atoms with Crippen molar-refractivity contribution in [1.82, 2.24) is 20.4 Å². The van der Waals surface area contributed by atoms with Crippen LogP contribution in [0.5, 0.6) is 0 Å². The molecule has 0 radical (unpaired) electrons. The second-order valence-corrected chi connectivity index (χ2v) is 8.85. The molecule has 1 heterocycles. The number of nitrogens with one attached hydrogen (secondary N) is 1.